The second kappa shape index (κ2) is 8.20. The molecule has 0 aromatic heterocycles. The minimum atomic E-state index is -2.77. The maximum atomic E-state index is 13.3. The van der Waals surface area contributed by atoms with Gasteiger partial charge in [-0.25, -0.2) is 9.59 Å². The zero-order valence-corrected chi connectivity index (χ0v) is 18.3. The van der Waals surface area contributed by atoms with Crippen LogP contribution in [0.1, 0.15) is 52.7 Å². The van der Waals surface area contributed by atoms with Crippen molar-refractivity contribution < 1.29 is 29.3 Å². The Balaban J connectivity index is 2.82. The monoisotopic (exact) mass is 414 g/mol. The van der Waals surface area contributed by atoms with E-state index in [4.69, 9.17) is 9.47 Å². The normalized spacial score (nSPS) is 16.1. The van der Waals surface area contributed by atoms with E-state index >= 15 is 0 Å². The number of hydrogen-bond donors (Lipinski definition) is 2. The molecule has 30 heavy (non-hydrogen) atoms. The van der Waals surface area contributed by atoms with Gasteiger partial charge in [0.2, 0.25) is 11.2 Å². The summed E-state index contributed by atoms with van der Waals surface area (Å²) in [5.74, 6) is -2.34. The van der Waals surface area contributed by atoms with E-state index < -0.39 is 34.3 Å². The molecule has 2 rings (SSSR count). The maximum Gasteiger partial charge on any atom is 0.347 e. The number of esters is 2. The average molecular weight is 414 g/mol. The van der Waals surface area contributed by atoms with Crippen molar-refractivity contribution in [1.82, 2.24) is 0 Å². The van der Waals surface area contributed by atoms with Gasteiger partial charge in [0, 0.05) is 0 Å². The molecular weight excluding hydrogens is 384 g/mol. The van der Waals surface area contributed by atoms with E-state index in [1.54, 1.807) is 77.9 Å². The van der Waals surface area contributed by atoms with E-state index in [0.717, 1.165) is 0 Å². The van der Waals surface area contributed by atoms with E-state index in [-0.39, 0.29) is 11.1 Å². The lowest BCUT2D eigenvalue weighted by molar-refractivity contribution is -0.230. The molecule has 2 aromatic rings. The lowest BCUT2D eigenvalue weighted by Gasteiger charge is -2.42. The van der Waals surface area contributed by atoms with Gasteiger partial charge in [0.15, 0.2) is 0 Å². The fourth-order valence-corrected chi connectivity index (χ4v) is 3.01. The molecule has 6 heteroatoms. The van der Waals surface area contributed by atoms with E-state index in [0.29, 0.717) is 0 Å². The minimum absolute atomic E-state index is 0.00328. The van der Waals surface area contributed by atoms with Crippen molar-refractivity contribution in [2.45, 2.75) is 63.9 Å². The van der Waals surface area contributed by atoms with Crippen molar-refractivity contribution >= 4 is 11.9 Å². The first kappa shape index (κ1) is 23.6. The molecule has 0 saturated heterocycles. The van der Waals surface area contributed by atoms with Gasteiger partial charge in [0.05, 0.1) is 0 Å². The number of rotatable bonds is 5. The second-order valence-corrected chi connectivity index (χ2v) is 9.16. The lowest BCUT2D eigenvalue weighted by Crippen LogP contribution is -2.61. The van der Waals surface area contributed by atoms with Crippen LogP contribution >= 0.6 is 0 Å². The summed E-state index contributed by atoms with van der Waals surface area (Å²) in [5, 5.41) is 23.7. The Morgan fingerprint density at radius 3 is 1.10 bits per heavy atom. The summed E-state index contributed by atoms with van der Waals surface area (Å²) >= 11 is 0. The number of hydrogen-bond acceptors (Lipinski definition) is 6. The van der Waals surface area contributed by atoms with Gasteiger partial charge in [-0.1, -0.05) is 60.7 Å². The molecule has 0 bridgehead atoms. The van der Waals surface area contributed by atoms with Crippen LogP contribution < -0.4 is 0 Å². The van der Waals surface area contributed by atoms with Crippen LogP contribution in [0.4, 0.5) is 0 Å². The molecule has 0 heterocycles. The predicted molar refractivity (Wildman–Crippen MR) is 112 cm³/mol. The zero-order chi connectivity index (χ0) is 22.8. The van der Waals surface area contributed by atoms with Gasteiger partial charge >= 0.3 is 11.9 Å². The van der Waals surface area contributed by atoms with Gasteiger partial charge < -0.3 is 19.7 Å². The Labute approximate surface area is 177 Å². The summed E-state index contributed by atoms with van der Waals surface area (Å²) in [4.78, 5) is 26.7. The van der Waals surface area contributed by atoms with Crippen LogP contribution in [-0.4, -0.2) is 33.4 Å². The average Bonchev–Trinajstić information content (AvgIpc) is 2.65. The third-order valence-corrected chi connectivity index (χ3v) is 4.30. The van der Waals surface area contributed by atoms with E-state index in [2.05, 4.69) is 0 Å². The van der Waals surface area contributed by atoms with Gasteiger partial charge in [0.25, 0.3) is 0 Å². The topological polar surface area (TPSA) is 93.1 Å². The van der Waals surface area contributed by atoms with Crippen LogP contribution in [0.2, 0.25) is 0 Å². The zero-order valence-electron chi connectivity index (χ0n) is 18.3. The maximum absolute atomic E-state index is 13.3. The van der Waals surface area contributed by atoms with Crippen LogP contribution in [0.15, 0.2) is 60.7 Å². The van der Waals surface area contributed by atoms with E-state index in [9.17, 15) is 19.8 Å². The Kier molecular flexibility index (Phi) is 6.45. The second-order valence-electron chi connectivity index (χ2n) is 9.16. The largest absolute Gasteiger partial charge is 0.457 e. The number of carbonyl (C=O) groups is 2. The standard InChI is InChI=1S/C24H30O6/c1-21(2,3)29-19(25)23(27,17-13-9-7-10-14-17)24(28,18-15-11-8-12-16-18)20(26)30-22(4,5)6/h7-16,27-28H,1-6H3. The van der Waals surface area contributed by atoms with Crippen LogP contribution in [0.3, 0.4) is 0 Å². The Bertz CT molecular complexity index is 804. The molecule has 0 aliphatic carbocycles. The van der Waals surface area contributed by atoms with E-state index in [1.807, 2.05) is 0 Å². The summed E-state index contributed by atoms with van der Waals surface area (Å²) < 4.78 is 10.9. The summed E-state index contributed by atoms with van der Waals surface area (Å²) in [6.07, 6.45) is 0. The fraction of sp³-hybridized carbons (Fsp3) is 0.417. The molecule has 2 unspecified atom stereocenters. The summed E-state index contributed by atoms with van der Waals surface area (Å²) in [7, 11) is 0. The Morgan fingerprint density at radius 1 is 0.600 bits per heavy atom. The molecule has 6 nitrogen and oxygen atoms in total. The first-order valence-corrected chi connectivity index (χ1v) is 9.74. The molecule has 0 radical (unpaired) electrons. The predicted octanol–water partition coefficient (Wildman–Crippen LogP) is 3.45. The summed E-state index contributed by atoms with van der Waals surface area (Å²) in [6, 6.07) is 15.5. The SMILES string of the molecule is CC(C)(C)OC(=O)C(O)(c1ccccc1)C(O)(C(=O)OC(C)(C)C)c1ccccc1. The highest BCUT2D eigenvalue weighted by Gasteiger charge is 2.65. The van der Waals surface area contributed by atoms with E-state index in [1.165, 1.54) is 24.3 Å². The molecule has 0 saturated carbocycles. The van der Waals surface area contributed by atoms with Crippen molar-refractivity contribution in [2.75, 3.05) is 0 Å². The highest BCUT2D eigenvalue weighted by atomic mass is 16.6. The smallest absolute Gasteiger partial charge is 0.347 e. The third kappa shape index (κ3) is 4.71. The quantitative estimate of drug-likeness (QED) is 0.728. The molecule has 2 N–H and O–H groups in total. The van der Waals surface area contributed by atoms with Crippen molar-refractivity contribution in [1.29, 1.82) is 0 Å². The number of aliphatic hydroxyl groups is 2. The molecule has 2 atom stereocenters. The molecule has 0 fully saturated rings. The molecular formula is C24H30O6. The fourth-order valence-electron chi connectivity index (χ4n) is 3.01. The van der Waals surface area contributed by atoms with Crippen molar-refractivity contribution in [3.05, 3.63) is 71.8 Å². The number of carbonyl (C=O) groups excluding carboxylic acids is 2. The van der Waals surface area contributed by atoms with Crippen LogP contribution in [0, 0.1) is 0 Å². The van der Waals surface area contributed by atoms with Gasteiger partial charge in [-0.15, -0.1) is 0 Å². The Hall–Kier alpha value is -2.70. The molecule has 0 aliphatic heterocycles. The molecule has 162 valence electrons. The summed E-state index contributed by atoms with van der Waals surface area (Å²) in [5.41, 5.74) is -7.51. The van der Waals surface area contributed by atoms with Crippen LogP contribution in [0.5, 0.6) is 0 Å². The highest BCUT2D eigenvalue weighted by molar-refractivity contribution is 5.94. The van der Waals surface area contributed by atoms with Gasteiger partial charge in [-0.2, -0.15) is 0 Å². The number of benzene rings is 2. The van der Waals surface area contributed by atoms with Gasteiger partial charge in [-0.3, -0.25) is 0 Å². The molecule has 0 aliphatic rings. The van der Waals surface area contributed by atoms with Crippen molar-refractivity contribution in [3.63, 3.8) is 0 Å². The molecule has 0 amide bonds. The van der Waals surface area contributed by atoms with Crippen LogP contribution in [-0.2, 0) is 30.3 Å². The van der Waals surface area contributed by atoms with Crippen LogP contribution in [0.25, 0.3) is 0 Å². The summed E-state index contributed by atoms with van der Waals surface area (Å²) in [6.45, 7) is 9.78. The molecule has 0 spiro atoms. The minimum Gasteiger partial charge on any atom is -0.457 e. The Morgan fingerprint density at radius 2 is 0.867 bits per heavy atom. The molecule has 2 aromatic carbocycles. The third-order valence-electron chi connectivity index (χ3n) is 4.30. The van der Waals surface area contributed by atoms with Gasteiger partial charge in [0.1, 0.15) is 11.2 Å². The lowest BCUT2D eigenvalue weighted by atomic mass is 9.73. The van der Waals surface area contributed by atoms with Gasteiger partial charge in [-0.05, 0) is 52.7 Å². The number of ether oxygens (including phenoxy) is 2. The van der Waals surface area contributed by atoms with Crippen molar-refractivity contribution in [3.8, 4) is 0 Å². The highest BCUT2D eigenvalue weighted by Crippen LogP contribution is 2.44. The van der Waals surface area contributed by atoms with Crippen molar-refractivity contribution in [2.24, 2.45) is 0 Å². The first-order chi connectivity index (χ1) is 13.7. The first-order valence-electron chi connectivity index (χ1n) is 9.74.